The lowest BCUT2D eigenvalue weighted by Gasteiger charge is -2.31. The normalized spacial score (nSPS) is 22.7. The Morgan fingerprint density at radius 3 is 2.65 bits per heavy atom. The molecule has 1 saturated carbocycles. The molecule has 1 aliphatic heterocycles. The van der Waals surface area contributed by atoms with Crippen molar-refractivity contribution < 1.29 is 22.7 Å². The first-order valence-corrected chi connectivity index (χ1v) is 10.8. The summed E-state index contributed by atoms with van der Waals surface area (Å²) in [7, 11) is -3.57. The van der Waals surface area contributed by atoms with Crippen LogP contribution in [0.5, 0.6) is 11.5 Å². The average molecular weight is 382 g/mol. The van der Waals surface area contributed by atoms with Gasteiger partial charge in [-0.15, -0.1) is 0 Å². The highest BCUT2D eigenvalue weighted by molar-refractivity contribution is 7.91. The molecule has 0 radical (unpaired) electrons. The molecule has 1 aliphatic carbocycles. The third-order valence-corrected chi connectivity index (χ3v) is 6.74. The first-order chi connectivity index (χ1) is 12.5. The van der Waals surface area contributed by atoms with E-state index in [1.807, 2.05) is 0 Å². The molecule has 0 bridgehead atoms. The van der Waals surface area contributed by atoms with Crippen molar-refractivity contribution in [1.82, 2.24) is 5.32 Å². The summed E-state index contributed by atoms with van der Waals surface area (Å²) in [5.74, 6) is 0.768. The first-order valence-electron chi connectivity index (χ1n) is 9.11. The highest BCUT2D eigenvalue weighted by Crippen LogP contribution is 2.32. The zero-order valence-corrected chi connectivity index (χ0v) is 15.6. The molecule has 1 aromatic carbocycles. The Morgan fingerprint density at radius 1 is 1.15 bits per heavy atom. The van der Waals surface area contributed by atoms with Gasteiger partial charge in [-0.25, -0.2) is 8.42 Å². The molecule has 2 aliphatic rings. The number of carbonyl (C=O) groups excluding carboxylic acids is 1. The van der Waals surface area contributed by atoms with Crippen molar-refractivity contribution >= 4 is 15.7 Å². The Bertz CT molecular complexity index is 750. The van der Waals surface area contributed by atoms with Crippen LogP contribution < -0.4 is 20.5 Å². The lowest BCUT2D eigenvalue weighted by atomic mass is 9.84. The lowest BCUT2D eigenvalue weighted by molar-refractivity contribution is -0.122. The number of carbonyl (C=O) groups is 1. The van der Waals surface area contributed by atoms with Crippen LogP contribution in [0.4, 0.5) is 0 Å². The minimum atomic E-state index is -3.57. The van der Waals surface area contributed by atoms with E-state index in [1.54, 1.807) is 6.07 Å². The Kier molecular flexibility index (Phi) is 6.03. The van der Waals surface area contributed by atoms with Gasteiger partial charge in [0, 0.05) is 18.5 Å². The van der Waals surface area contributed by atoms with E-state index < -0.39 is 9.84 Å². The summed E-state index contributed by atoms with van der Waals surface area (Å²) in [6, 6.07) is 4.60. The number of nitrogens with one attached hydrogen (secondary N) is 1. The summed E-state index contributed by atoms with van der Waals surface area (Å²) >= 11 is 0. The molecule has 144 valence electrons. The van der Waals surface area contributed by atoms with Crippen LogP contribution in [-0.4, -0.2) is 45.9 Å². The fourth-order valence-corrected chi connectivity index (χ4v) is 4.77. The molecule has 26 heavy (non-hydrogen) atoms. The minimum Gasteiger partial charge on any atom is -0.486 e. The number of sulfone groups is 1. The summed E-state index contributed by atoms with van der Waals surface area (Å²) in [6.45, 7) is 1.38. The number of hydrogen-bond donors (Lipinski definition) is 2. The highest BCUT2D eigenvalue weighted by Gasteiger charge is 2.26. The van der Waals surface area contributed by atoms with Crippen molar-refractivity contribution in [2.24, 2.45) is 11.7 Å². The molecule has 0 spiro atoms. The number of fused-ring (bicyclic) bond motifs is 1. The van der Waals surface area contributed by atoms with E-state index in [0.29, 0.717) is 31.3 Å². The molecule has 1 fully saturated rings. The van der Waals surface area contributed by atoms with Gasteiger partial charge in [0.1, 0.15) is 13.2 Å². The van der Waals surface area contributed by atoms with E-state index in [-0.39, 0.29) is 34.9 Å². The third-order valence-electron chi connectivity index (χ3n) is 5.03. The molecule has 3 N–H and O–H groups in total. The largest absolute Gasteiger partial charge is 0.486 e. The van der Waals surface area contributed by atoms with Gasteiger partial charge in [-0.3, -0.25) is 4.79 Å². The smallest absolute Gasteiger partial charge is 0.221 e. The van der Waals surface area contributed by atoms with Crippen LogP contribution in [0.2, 0.25) is 0 Å². The van der Waals surface area contributed by atoms with Crippen LogP contribution in [-0.2, 0) is 14.6 Å². The van der Waals surface area contributed by atoms with Crippen molar-refractivity contribution in [2.75, 3.05) is 25.5 Å². The van der Waals surface area contributed by atoms with Gasteiger partial charge in [0.2, 0.25) is 5.91 Å². The number of benzene rings is 1. The summed E-state index contributed by atoms with van der Waals surface area (Å²) in [4.78, 5) is 12.4. The number of rotatable bonds is 6. The van der Waals surface area contributed by atoms with E-state index >= 15 is 0 Å². The van der Waals surface area contributed by atoms with Crippen LogP contribution in [0, 0.1) is 5.92 Å². The molecule has 2 unspecified atom stereocenters. The van der Waals surface area contributed by atoms with Crippen molar-refractivity contribution in [3.8, 4) is 11.5 Å². The Morgan fingerprint density at radius 2 is 1.88 bits per heavy atom. The maximum Gasteiger partial charge on any atom is 0.221 e. The molecule has 8 heteroatoms. The predicted octanol–water partition coefficient (Wildman–Crippen LogP) is 1.26. The lowest BCUT2D eigenvalue weighted by Crippen LogP contribution is -2.45. The van der Waals surface area contributed by atoms with Gasteiger partial charge in [0.25, 0.3) is 0 Å². The fraction of sp³-hybridized carbons (Fsp3) is 0.611. The topological polar surface area (TPSA) is 108 Å². The molecule has 7 nitrogen and oxygen atoms in total. The second-order valence-electron chi connectivity index (χ2n) is 6.83. The summed E-state index contributed by atoms with van der Waals surface area (Å²) in [5, 5.41) is 2.97. The predicted molar refractivity (Wildman–Crippen MR) is 97.0 cm³/mol. The van der Waals surface area contributed by atoms with Crippen molar-refractivity contribution in [3.05, 3.63) is 18.2 Å². The molecule has 0 saturated heterocycles. The SMILES string of the molecule is NCC1CCCCC1NC(=O)CCS(=O)(=O)c1ccc2c(c1)OCCO2. The number of ether oxygens (including phenoxy) is 2. The Balaban J connectivity index is 1.58. The third kappa shape index (κ3) is 4.48. The van der Waals surface area contributed by atoms with E-state index in [1.165, 1.54) is 12.1 Å². The van der Waals surface area contributed by atoms with Crippen molar-refractivity contribution in [1.29, 1.82) is 0 Å². The second kappa shape index (κ2) is 8.26. The number of amides is 1. The summed E-state index contributed by atoms with van der Waals surface area (Å²) in [6.07, 6.45) is 4.05. The molecule has 1 amide bonds. The second-order valence-corrected chi connectivity index (χ2v) is 8.94. The number of hydrogen-bond acceptors (Lipinski definition) is 6. The van der Waals surface area contributed by atoms with Gasteiger partial charge >= 0.3 is 0 Å². The van der Waals surface area contributed by atoms with Crippen LogP contribution in [0.15, 0.2) is 23.1 Å². The highest BCUT2D eigenvalue weighted by atomic mass is 32.2. The number of nitrogens with two attached hydrogens (primary N) is 1. The fourth-order valence-electron chi connectivity index (χ4n) is 3.52. The molecule has 3 rings (SSSR count). The molecular weight excluding hydrogens is 356 g/mol. The van der Waals surface area contributed by atoms with Gasteiger partial charge in [-0.1, -0.05) is 12.8 Å². The van der Waals surface area contributed by atoms with E-state index in [4.69, 9.17) is 15.2 Å². The van der Waals surface area contributed by atoms with E-state index in [0.717, 1.165) is 25.7 Å². The van der Waals surface area contributed by atoms with Gasteiger partial charge in [-0.2, -0.15) is 0 Å². The van der Waals surface area contributed by atoms with Crippen LogP contribution in [0.25, 0.3) is 0 Å². The standard InChI is InChI=1S/C18H26N2O5S/c19-12-13-3-1-2-4-15(13)20-18(21)7-10-26(22,23)14-5-6-16-17(11-14)25-9-8-24-16/h5-6,11,13,15H,1-4,7-10,12,19H2,(H,20,21). The van der Waals surface area contributed by atoms with Gasteiger partial charge in [0.05, 0.1) is 10.6 Å². The molecule has 1 heterocycles. The maximum atomic E-state index is 12.5. The Hall–Kier alpha value is -1.80. The minimum absolute atomic E-state index is 0.0539. The van der Waals surface area contributed by atoms with Gasteiger partial charge in [-0.05, 0) is 37.4 Å². The van der Waals surface area contributed by atoms with Gasteiger partial charge < -0.3 is 20.5 Å². The average Bonchev–Trinajstić information content (AvgIpc) is 2.66. The van der Waals surface area contributed by atoms with Crippen LogP contribution >= 0.6 is 0 Å². The van der Waals surface area contributed by atoms with Crippen LogP contribution in [0.3, 0.4) is 0 Å². The van der Waals surface area contributed by atoms with Crippen LogP contribution in [0.1, 0.15) is 32.1 Å². The maximum absolute atomic E-state index is 12.5. The zero-order valence-electron chi connectivity index (χ0n) is 14.8. The summed E-state index contributed by atoms with van der Waals surface area (Å²) in [5.41, 5.74) is 5.78. The summed E-state index contributed by atoms with van der Waals surface area (Å²) < 4.78 is 35.9. The van der Waals surface area contributed by atoms with E-state index in [9.17, 15) is 13.2 Å². The first kappa shape index (κ1) is 19.0. The van der Waals surface area contributed by atoms with E-state index in [2.05, 4.69) is 5.32 Å². The molecule has 2 atom stereocenters. The molecule has 0 aromatic heterocycles. The molecule has 1 aromatic rings. The van der Waals surface area contributed by atoms with Crippen molar-refractivity contribution in [2.45, 2.75) is 43.0 Å². The zero-order chi connectivity index (χ0) is 18.6. The molecular formula is C18H26N2O5S. The Labute approximate surface area is 154 Å². The quantitative estimate of drug-likeness (QED) is 0.767. The van der Waals surface area contributed by atoms with Gasteiger partial charge in [0.15, 0.2) is 21.3 Å². The monoisotopic (exact) mass is 382 g/mol. The van der Waals surface area contributed by atoms with Crippen molar-refractivity contribution in [3.63, 3.8) is 0 Å².